The number of aromatic nitrogens is 2. The Hall–Kier alpha value is -3.13. The van der Waals surface area contributed by atoms with E-state index < -0.39 is 11.9 Å². The van der Waals surface area contributed by atoms with E-state index in [0.29, 0.717) is 30.0 Å². The van der Waals surface area contributed by atoms with Gasteiger partial charge in [-0.2, -0.15) is 13.2 Å². The highest BCUT2D eigenvalue weighted by Gasteiger charge is 2.39. The van der Waals surface area contributed by atoms with Gasteiger partial charge in [0, 0.05) is 61.5 Å². The lowest BCUT2D eigenvalue weighted by Crippen LogP contribution is -2.50. The number of hydrogen-bond acceptors (Lipinski definition) is 3. The summed E-state index contributed by atoms with van der Waals surface area (Å²) in [6, 6.07) is 9.23. The van der Waals surface area contributed by atoms with E-state index in [2.05, 4.69) is 58.3 Å². The van der Waals surface area contributed by atoms with E-state index in [-0.39, 0.29) is 5.91 Å². The molecule has 0 saturated carbocycles. The van der Waals surface area contributed by atoms with Crippen LogP contribution in [-0.4, -0.2) is 46.5 Å². The van der Waals surface area contributed by atoms with E-state index in [1.54, 1.807) is 0 Å². The first-order chi connectivity index (χ1) is 16.2. The molecule has 2 aromatic heterocycles. The number of rotatable bonds is 4. The highest BCUT2D eigenvalue weighted by Crippen LogP contribution is 2.44. The van der Waals surface area contributed by atoms with Gasteiger partial charge in [0.05, 0.1) is 0 Å². The zero-order chi connectivity index (χ0) is 24.0. The standard InChI is InChI=1S/C26H27F3N4O/c1-32-14-17(13-31-24(34)9-7-16-6-8-23(30-12-16)26(27,28)29)10-20-19-4-3-5-21-25(19)18(11-22(20)32)15-33(21)2/h3-9,12,15,17,20,22H,10-11,13-14H2,1-2H3,(H,31,34)/b9-7+/t17-,20+,22+/m0/s1. The van der Waals surface area contributed by atoms with Crippen LogP contribution < -0.4 is 5.32 Å². The molecule has 34 heavy (non-hydrogen) atoms. The van der Waals surface area contributed by atoms with Crippen LogP contribution in [0.25, 0.3) is 17.0 Å². The number of fused-ring (bicyclic) bond motifs is 2. The number of amides is 1. The second-order valence-electron chi connectivity index (χ2n) is 9.48. The van der Waals surface area contributed by atoms with Gasteiger partial charge in [-0.25, -0.2) is 0 Å². The third-order valence-corrected chi connectivity index (χ3v) is 7.19. The lowest BCUT2D eigenvalue weighted by molar-refractivity contribution is -0.141. The average Bonchev–Trinajstić information content (AvgIpc) is 3.13. The number of pyridine rings is 1. The molecule has 1 fully saturated rings. The largest absolute Gasteiger partial charge is 0.433 e. The Labute approximate surface area is 196 Å². The number of piperidine rings is 1. The third-order valence-electron chi connectivity index (χ3n) is 7.19. The fourth-order valence-electron chi connectivity index (χ4n) is 5.63. The molecule has 5 nitrogen and oxygen atoms in total. The summed E-state index contributed by atoms with van der Waals surface area (Å²) >= 11 is 0. The van der Waals surface area contributed by atoms with E-state index >= 15 is 0 Å². The number of carbonyl (C=O) groups is 1. The van der Waals surface area contributed by atoms with Gasteiger partial charge in [0.25, 0.3) is 0 Å². The van der Waals surface area contributed by atoms with Crippen LogP contribution in [0.1, 0.15) is 34.7 Å². The van der Waals surface area contributed by atoms with Gasteiger partial charge in [-0.05, 0) is 60.7 Å². The van der Waals surface area contributed by atoms with Gasteiger partial charge in [0.2, 0.25) is 5.91 Å². The zero-order valence-corrected chi connectivity index (χ0v) is 19.1. The lowest BCUT2D eigenvalue weighted by Gasteiger charge is -2.45. The molecule has 3 heterocycles. The number of nitrogens with zero attached hydrogens (tertiary/aromatic N) is 3. The van der Waals surface area contributed by atoms with E-state index in [9.17, 15) is 18.0 Å². The fraction of sp³-hybridized carbons (Fsp3) is 0.385. The Kier molecular flexibility index (Phi) is 5.72. The van der Waals surface area contributed by atoms with E-state index in [0.717, 1.165) is 31.6 Å². The molecule has 3 atom stereocenters. The molecule has 2 aliphatic rings. The highest BCUT2D eigenvalue weighted by atomic mass is 19.4. The van der Waals surface area contributed by atoms with Crippen LogP contribution in [0.5, 0.6) is 0 Å². The van der Waals surface area contributed by atoms with Crippen molar-refractivity contribution in [3.63, 3.8) is 0 Å². The number of alkyl halides is 3. The molecular formula is C26H27F3N4O. The molecule has 1 aliphatic carbocycles. The van der Waals surface area contributed by atoms with Gasteiger partial charge < -0.3 is 14.8 Å². The van der Waals surface area contributed by atoms with Crippen molar-refractivity contribution >= 4 is 22.9 Å². The summed E-state index contributed by atoms with van der Waals surface area (Å²) in [7, 11) is 4.26. The Balaban J connectivity index is 1.23. The topological polar surface area (TPSA) is 50.2 Å². The second-order valence-corrected chi connectivity index (χ2v) is 9.48. The number of nitrogens with one attached hydrogen (secondary N) is 1. The van der Waals surface area contributed by atoms with Crippen molar-refractivity contribution in [2.24, 2.45) is 13.0 Å². The van der Waals surface area contributed by atoms with Crippen LogP contribution in [0.3, 0.4) is 0 Å². The maximum Gasteiger partial charge on any atom is 0.433 e. The second kappa shape index (κ2) is 8.58. The zero-order valence-electron chi connectivity index (χ0n) is 19.1. The number of likely N-dealkylation sites (N-methyl/N-ethyl adjacent to an activating group) is 1. The SMILES string of the molecule is CN1C[C@H](CNC(=O)/C=C/c2ccc(C(F)(F)F)nc2)C[C@@H]2c3cccc4c3c(cn4C)C[C@H]21. The minimum atomic E-state index is -4.47. The quantitative estimate of drug-likeness (QED) is 0.578. The van der Waals surface area contributed by atoms with Crippen molar-refractivity contribution in [3.05, 3.63) is 71.2 Å². The summed E-state index contributed by atoms with van der Waals surface area (Å²) in [6.07, 6.45) is 3.76. The maximum absolute atomic E-state index is 12.6. The van der Waals surface area contributed by atoms with Crippen molar-refractivity contribution in [2.75, 3.05) is 20.1 Å². The third kappa shape index (κ3) is 4.22. The molecule has 1 N–H and O–H groups in total. The minimum Gasteiger partial charge on any atom is -0.352 e. The molecule has 1 amide bonds. The fourth-order valence-corrected chi connectivity index (χ4v) is 5.63. The molecular weight excluding hydrogens is 441 g/mol. The number of halogens is 3. The Bertz CT molecular complexity index is 1250. The van der Waals surface area contributed by atoms with Gasteiger partial charge in [0.1, 0.15) is 5.69 Å². The Morgan fingerprint density at radius 1 is 1.24 bits per heavy atom. The molecule has 0 radical (unpaired) electrons. The first-order valence-corrected chi connectivity index (χ1v) is 11.5. The minimum absolute atomic E-state index is 0.263. The van der Waals surface area contributed by atoms with Gasteiger partial charge in [-0.1, -0.05) is 18.2 Å². The predicted molar refractivity (Wildman–Crippen MR) is 125 cm³/mol. The Morgan fingerprint density at radius 3 is 2.79 bits per heavy atom. The van der Waals surface area contributed by atoms with E-state index in [1.807, 2.05) is 0 Å². The first-order valence-electron chi connectivity index (χ1n) is 11.5. The van der Waals surface area contributed by atoms with Crippen molar-refractivity contribution < 1.29 is 18.0 Å². The monoisotopic (exact) mass is 468 g/mol. The molecule has 5 rings (SSSR count). The molecule has 1 aromatic carbocycles. The molecule has 0 spiro atoms. The van der Waals surface area contributed by atoms with Crippen molar-refractivity contribution in [3.8, 4) is 0 Å². The molecule has 1 saturated heterocycles. The van der Waals surface area contributed by atoms with Gasteiger partial charge in [-0.3, -0.25) is 9.78 Å². The summed E-state index contributed by atoms with van der Waals surface area (Å²) in [5, 5.41) is 4.35. The molecule has 3 aromatic rings. The van der Waals surface area contributed by atoms with E-state index in [1.165, 1.54) is 40.2 Å². The number of hydrogen-bond donors (Lipinski definition) is 1. The average molecular weight is 469 g/mol. The molecule has 0 unspecified atom stereocenters. The van der Waals surface area contributed by atoms with Gasteiger partial charge >= 0.3 is 6.18 Å². The van der Waals surface area contributed by atoms with Gasteiger partial charge in [0.15, 0.2) is 0 Å². The molecule has 0 bridgehead atoms. The van der Waals surface area contributed by atoms with Crippen molar-refractivity contribution in [1.29, 1.82) is 0 Å². The van der Waals surface area contributed by atoms with Crippen LogP contribution in [0, 0.1) is 5.92 Å². The summed E-state index contributed by atoms with van der Waals surface area (Å²) < 4.78 is 40.1. The normalized spacial score (nSPS) is 22.8. The molecule has 178 valence electrons. The number of benzene rings is 1. The molecule has 8 heteroatoms. The number of aryl methyl sites for hydroxylation is 1. The van der Waals surface area contributed by atoms with Crippen LogP contribution in [-0.2, 0) is 24.4 Å². The van der Waals surface area contributed by atoms with Crippen LogP contribution in [0.15, 0.2) is 48.8 Å². The first kappa shape index (κ1) is 22.7. The summed E-state index contributed by atoms with van der Waals surface area (Å²) in [5.74, 6) is 0.477. The Morgan fingerprint density at radius 2 is 2.06 bits per heavy atom. The molecule has 1 aliphatic heterocycles. The highest BCUT2D eigenvalue weighted by molar-refractivity contribution is 5.91. The van der Waals surface area contributed by atoms with Crippen LogP contribution >= 0.6 is 0 Å². The predicted octanol–water partition coefficient (Wildman–Crippen LogP) is 4.38. The van der Waals surface area contributed by atoms with E-state index in [4.69, 9.17) is 0 Å². The van der Waals surface area contributed by atoms with Crippen molar-refractivity contribution in [2.45, 2.75) is 31.0 Å². The number of carbonyl (C=O) groups excluding carboxylic acids is 1. The van der Waals surface area contributed by atoms with Crippen LogP contribution in [0.4, 0.5) is 13.2 Å². The summed E-state index contributed by atoms with van der Waals surface area (Å²) in [6.45, 7) is 1.46. The summed E-state index contributed by atoms with van der Waals surface area (Å²) in [4.78, 5) is 18.2. The summed E-state index contributed by atoms with van der Waals surface area (Å²) in [5.41, 5.74) is 3.58. The number of likely N-dealkylation sites (tertiary alicyclic amines) is 1. The maximum atomic E-state index is 12.6. The lowest BCUT2D eigenvalue weighted by atomic mass is 9.72. The van der Waals surface area contributed by atoms with Crippen LogP contribution in [0.2, 0.25) is 0 Å². The smallest absolute Gasteiger partial charge is 0.352 e. The van der Waals surface area contributed by atoms with Crippen molar-refractivity contribution in [1.82, 2.24) is 19.8 Å². The van der Waals surface area contributed by atoms with Gasteiger partial charge in [-0.15, -0.1) is 0 Å².